The number of nitrogens with one attached hydrogen (secondary N) is 1. The minimum Gasteiger partial charge on any atom is -0.381 e. The molecule has 2 aromatic heterocycles. The lowest BCUT2D eigenvalue weighted by atomic mass is 10.00. The normalized spacial score (nSPS) is 18.8. The van der Waals surface area contributed by atoms with Gasteiger partial charge in [0.2, 0.25) is 0 Å². The van der Waals surface area contributed by atoms with Gasteiger partial charge < -0.3 is 24.6 Å². The van der Waals surface area contributed by atoms with Crippen molar-refractivity contribution < 1.29 is 19.1 Å². The van der Waals surface area contributed by atoms with Gasteiger partial charge >= 0.3 is 0 Å². The number of nitrogens with zero attached hydrogens (tertiary/aromatic N) is 5. The van der Waals surface area contributed by atoms with Crippen LogP contribution in [0.4, 0.5) is 11.4 Å². The third-order valence-corrected chi connectivity index (χ3v) is 7.04. The van der Waals surface area contributed by atoms with Crippen LogP contribution in [0.5, 0.6) is 0 Å². The molecule has 35 heavy (non-hydrogen) atoms. The number of morpholine rings is 1. The van der Waals surface area contributed by atoms with Crippen LogP contribution in [0.15, 0.2) is 36.8 Å². The molecule has 10 heteroatoms. The molecule has 182 valence electrons. The molecule has 1 aromatic carbocycles. The van der Waals surface area contributed by atoms with Gasteiger partial charge in [0, 0.05) is 57.3 Å². The molecule has 6 rings (SSSR count). The van der Waals surface area contributed by atoms with Crippen LogP contribution in [-0.2, 0) is 16.0 Å². The van der Waals surface area contributed by atoms with Crippen molar-refractivity contribution in [3.05, 3.63) is 53.5 Å². The molecule has 0 aliphatic carbocycles. The molecule has 3 aromatic rings. The third kappa shape index (κ3) is 4.23. The molecule has 0 unspecified atom stereocenters. The van der Waals surface area contributed by atoms with Gasteiger partial charge in [-0.25, -0.2) is 9.50 Å². The molecule has 0 spiro atoms. The molecule has 2 amide bonds. The van der Waals surface area contributed by atoms with Crippen LogP contribution in [0.25, 0.3) is 5.65 Å². The molecule has 2 saturated heterocycles. The smallest absolute Gasteiger partial charge is 0.261 e. The van der Waals surface area contributed by atoms with Crippen LogP contribution < -0.4 is 10.2 Å². The second-order valence-corrected chi connectivity index (χ2v) is 9.27. The highest BCUT2D eigenvalue weighted by molar-refractivity contribution is 6.10. The van der Waals surface area contributed by atoms with E-state index in [4.69, 9.17) is 9.47 Å². The van der Waals surface area contributed by atoms with E-state index in [-0.39, 0.29) is 11.8 Å². The monoisotopic (exact) mass is 476 g/mol. The summed E-state index contributed by atoms with van der Waals surface area (Å²) in [6.45, 7) is 5.40. The molecule has 0 bridgehead atoms. The number of rotatable bonds is 5. The van der Waals surface area contributed by atoms with Gasteiger partial charge in [0.25, 0.3) is 11.8 Å². The first-order chi connectivity index (χ1) is 17.2. The van der Waals surface area contributed by atoms with Gasteiger partial charge in [-0.3, -0.25) is 9.59 Å². The molecule has 3 aliphatic rings. The van der Waals surface area contributed by atoms with Crippen LogP contribution in [-0.4, -0.2) is 77.4 Å². The summed E-state index contributed by atoms with van der Waals surface area (Å²) in [5.74, 6) is 0.241. The van der Waals surface area contributed by atoms with Crippen molar-refractivity contribution in [2.45, 2.75) is 19.4 Å². The van der Waals surface area contributed by atoms with Crippen LogP contribution in [0.3, 0.4) is 0 Å². The van der Waals surface area contributed by atoms with Crippen molar-refractivity contribution in [2.75, 3.05) is 56.3 Å². The van der Waals surface area contributed by atoms with Gasteiger partial charge in [0.05, 0.1) is 30.8 Å². The van der Waals surface area contributed by atoms with Crippen LogP contribution in [0.1, 0.15) is 39.1 Å². The Bertz CT molecular complexity index is 1260. The maximum Gasteiger partial charge on any atom is 0.261 e. The molecular weight excluding hydrogens is 448 g/mol. The van der Waals surface area contributed by atoms with E-state index in [0.29, 0.717) is 61.2 Å². The summed E-state index contributed by atoms with van der Waals surface area (Å²) in [4.78, 5) is 35.0. The zero-order valence-corrected chi connectivity index (χ0v) is 19.5. The number of carbonyl (C=O) groups excluding carboxylic acids is 2. The van der Waals surface area contributed by atoms with Gasteiger partial charge in [0.15, 0.2) is 5.65 Å². The number of aromatic nitrogens is 3. The predicted molar refractivity (Wildman–Crippen MR) is 129 cm³/mol. The number of carbonyl (C=O) groups is 2. The van der Waals surface area contributed by atoms with E-state index in [9.17, 15) is 9.59 Å². The van der Waals surface area contributed by atoms with Crippen molar-refractivity contribution >= 4 is 28.8 Å². The maximum atomic E-state index is 13.3. The van der Waals surface area contributed by atoms with Crippen molar-refractivity contribution in [2.24, 2.45) is 5.92 Å². The summed E-state index contributed by atoms with van der Waals surface area (Å²) in [5.41, 5.74) is 4.08. The van der Waals surface area contributed by atoms with E-state index in [1.54, 1.807) is 23.0 Å². The Morgan fingerprint density at radius 2 is 1.91 bits per heavy atom. The van der Waals surface area contributed by atoms with E-state index < -0.39 is 0 Å². The first kappa shape index (κ1) is 22.0. The summed E-state index contributed by atoms with van der Waals surface area (Å²) in [5, 5.41) is 7.31. The van der Waals surface area contributed by atoms with Crippen molar-refractivity contribution in [1.82, 2.24) is 19.5 Å². The predicted octanol–water partition coefficient (Wildman–Crippen LogP) is 2.20. The van der Waals surface area contributed by atoms with Crippen molar-refractivity contribution in [3.8, 4) is 0 Å². The van der Waals surface area contributed by atoms with E-state index in [0.717, 1.165) is 43.9 Å². The van der Waals surface area contributed by atoms with E-state index >= 15 is 0 Å². The summed E-state index contributed by atoms with van der Waals surface area (Å²) < 4.78 is 12.6. The fourth-order valence-corrected chi connectivity index (χ4v) is 5.14. The zero-order chi connectivity index (χ0) is 23.8. The topological polar surface area (TPSA) is 101 Å². The summed E-state index contributed by atoms with van der Waals surface area (Å²) in [7, 11) is 0. The average molecular weight is 477 g/mol. The van der Waals surface area contributed by atoms with E-state index in [2.05, 4.69) is 20.3 Å². The fourth-order valence-electron chi connectivity index (χ4n) is 5.14. The van der Waals surface area contributed by atoms with Gasteiger partial charge in [-0.05, 0) is 42.5 Å². The Morgan fingerprint density at radius 3 is 2.74 bits per heavy atom. The number of amides is 2. The summed E-state index contributed by atoms with van der Waals surface area (Å²) in [6.07, 6.45) is 6.88. The standard InChI is InChI=1S/C25H28N6O4/c32-24(20-14-27-31-5-1-4-26-23(20)31)28-21-12-18-16-30(15-17-2-8-34-9-3-17)25(33)19(18)13-22(21)29-6-10-35-11-7-29/h1,4-5,12-14,17H,2-3,6-11,15-16H2,(H,28,32). The Labute approximate surface area is 202 Å². The number of hydrogen-bond donors (Lipinski definition) is 1. The lowest BCUT2D eigenvalue weighted by molar-refractivity contribution is 0.0469. The van der Waals surface area contributed by atoms with Crippen LogP contribution in [0, 0.1) is 5.92 Å². The van der Waals surface area contributed by atoms with Crippen molar-refractivity contribution in [1.29, 1.82) is 0 Å². The van der Waals surface area contributed by atoms with Crippen LogP contribution in [0.2, 0.25) is 0 Å². The second kappa shape index (κ2) is 9.27. The summed E-state index contributed by atoms with van der Waals surface area (Å²) in [6, 6.07) is 5.66. The van der Waals surface area contributed by atoms with Gasteiger partial charge in [-0.15, -0.1) is 0 Å². The van der Waals surface area contributed by atoms with Gasteiger partial charge in [0.1, 0.15) is 5.56 Å². The molecule has 2 fully saturated rings. The number of hydrogen-bond acceptors (Lipinski definition) is 7. The van der Waals surface area contributed by atoms with Crippen LogP contribution >= 0.6 is 0 Å². The molecule has 10 nitrogen and oxygen atoms in total. The minimum atomic E-state index is -0.281. The number of fused-ring (bicyclic) bond motifs is 2. The fraction of sp³-hybridized carbons (Fsp3) is 0.440. The summed E-state index contributed by atoms with van der Waals surface area (Å²) >= 11 is 0. The lowest BCUT2D eigenvalue weighted by Crippen LogP contribution is -2.37. The second-order valence-electron chi connectivity index (χ2n) is 9.27. The minimum absolute atomic E-state index is 0.0608. The largest absolute Gasteiger partial charge is 0.381 e. The number of ether oxygens (including phenoxy) is 2. The van der Waals surface area contributed by atoms with Crippen molar-refractivity contribution in [3.63, 3.8) is 0 Å². The Kier molecular flexibility index (Phi) is 5.83. The molecule has 1 N–H and O–H groups in total. The van der Waals surface area contributed by atoms with Gasteiger partial charge in [-0.2, -0.15) is 5.10 Å². The maximum absolute atomic E-state index is 13.3. The number of anilines is 2. The SMILES string of the molecule is O=C(Nc1cc2c(cc1N1CCOCC1)C(=O)N(CC1CCOCC1)C2)c1cnn2cccnc12. The molecule has 3 aliphatic heterocycles. The zero-order valence-electron chi connectivity index (χ0n) is 19.5. The molecule has 0 saturated carbocycles. The molecule has 0 atom stereocenters. The lowest BCUT2D eigenvalue weighted by Gasteiger charge is -2.31. The molecule has 5 heterocycles. The Morgan fingerprint density at radius 1 is 1.11 bits per heavy atom. The van der Waals surface area contributed by atoms with Gasteiger partial charge in [-0.1, -0.05) is 0 Å². The first-order valence-corrected chi connectivity index (χ1v) is 12.1. The van der Waals surface area contributed by atoms with E-state index in [1.165, 1.54) is 6.20 Å². The first-order valence-electron chi connectivity index (χ1n) is 12.1. The Hall–Kier alpha value is -3.50. The number of benzene rings is 1. The highest BCUT2D eigenvalue weighted by Gasteiger charge is 2.32. The quantitative estimate of drug-likeness (QED) is 0.602. The Balaban J connectivity index is 1.31. The third-order valence-electron chi connectivity index (χ3n) is 7.04. The van der Waals surface area contributed by atoms with E-state index in [1.807, 2.05) is 17.0 Å². The molecular formula is C25H28N6O4. The molecule has 0 radical (unpaired) electrons. The average Bonchev–Trinajstić information content (AvgIpc) is 3.46. The highest BCUT2D eigenvalue weighted by Crippen LogP contribution is 2.36. The highest BCUT2D eigenvalue weighted by atomic mass is 16.5.